The fourth-order valence-corrected chi connectivity index (χ4v) is 6.85. The van der Waals surface area contributed by atoms with Gasteiger partial charge in [0.05, 0.1) is 0 Å². The number of hydrogen-bond acceptors (Lipinski definition) is 0. The molecule has 0 aromatic heterocycles. The second kappa shape index (κ2) is 10.4. The van der Waals surface area contributed by atoms with Crippen LogP contribution < -0.4 is 0 Å². The number of rotatable bonds is 3. The third kappa shape index (κ3) is 7.02. The van der Waals surface area contributed by atoms with E-state index in [-0.39, 0.29) is 32.5 Å². The van der Waals surface area contributed by atoms with Gasteiger partial charge in [-0.05, 0) is 83.4 Å². The SMILES string of the molecule is CCC(c1ccc(C(C)(C)C)c(C(C)(C)C)c1C(C)(C)C)c1ccc(C(C)(C)C)c(C(C)(C)C)c1C(C)(C)C. The zero-order valence-electron chi connectivity index (χ0n) is 29.6. The van der Waals surface area contributed by atoms with E-state index in [4.69, 9.17) is 0 Å². The third-order valence-electron chi connectivity index (χ3n) is 8.25. The Morgan fingerprint density at radius 2 is 0.641 bits per heavy atom. The summed E-state index contributed by atoms with van der Waals surface area (Å²) in [6.07, 6.45) is 1.09. The van der Waals surface area contributed by atoms with Gasteiger partial charge in [-0.25, -0.2) is 0 Å². The van der Waals surface area contributed by atoms with Crippen molar-refractivity contribution in [3.8, 4) is 0 Å². The number of benzene rings is 2. The molecule has 0 saturated heterocycles. The molecule has 0 heteroatoms. The van der Waals surface area contributed by atoms with Gasteiger partial charge in [0.2, 0.25) is 0 Å². The molecule has 0 bridgehead atoms. The molecule has 0 amide bonds. The predicted octanol–water partition coefficient (Wildman–Crippen LogP) is 12.0. The summed E-state index contributed by atoms with van der Waals surface area (Å²) in [5.41, 5.74) is 12.6. The van der Waals surface area contributed by atoms with E-state index in [0.29, 0.717) is 5.92 Å². The maximum absolute atomic E-state index is 2.51. The molecule has 220 valence electrons. The summed E-state index contributed by atoms with van der Waals surface area (Å²) in [6, 6.07) is 9.95. The molecule has 2 aromatic rings. The Hall–Kier alpha value is -1.56. The first-order valence-corrected chi connectivity index (χ1v) is 15.5. The summed E-state index contributed by atoms with van der Waals surface area (Å²) in [5.74, 6) is 0.346. The van der Waals surface area contributed by atoms with E-state index in [2.05, 4.69) is 156 Å². The van der Waals surface area contributed by atoms with E-state index in [1.54, 1.807) is 22.3 Å². The van der Waals surface area contributed by atoms with Gasteiger partial charge in [0.15, 0.2) is 0 Å². The Morgan fingerprint density at radius 3 is 0.821 bits per heavy atom. The first-order valence-electron chi connectivity index (χ1n) is 15.5. The molecule has 0 unspecified atom stereocenters. The van der Waals surface area contributed by atoms with Crippen LogP contribution in [0.25, 0.3) is 0 Å². The van der Waals surface area contributed by atoms with Crippen molar-refractivity contribution >= 4 is 0 Å². The van der Waals surface area contributed by atoms with E-state index >= 15 is 0 Å². The standard InChI is InChI=1S/C39H64/c1-20-25(26-21-23-28(34(2,3)4)32(38(14,15)16)30(26)36(8,9)10)27-22-24-29(35(5,6)7)33(39(17,18)19)31(27)37(11,12)13/h21-25H,20H2,1-19H3. The zero-order chi connectivity index (χ0) is 30.7. The molecule has 2 rings (SSSR count). The van der Waals surface area contributed by atoms with Crippen LogP contribution in [0.3, 0.4) is 0 Å². The van der Waals surface area contributed by atoms with Crippen molar-refractivity contribution in [2.75, 3.05) is 0 Å². The Kier molecular flexibility index (Phi) is 8.94. The van der Waals surface area contributed by atoms with Crippen molar-refractivity contribution in [1.82, 2.24) is 0 Å². The fourth-order valence-electron chi connectivity index (χ4n) is 6.85. The molecule has 0 saturated carbocycles. The normalized spacial score (nSPS) is 14.4. The van der Waals surface area contributed by atoms with E-state index < -0.39 is 0 Å². The van der Waals surface area contributed by atoms with Crippen LogP contribution in [-0.4, -0.2) is 0 Å². The van der Waals surface area contributed by atoms with Gasteiger partial charge in [0, 0.05) is 5.92 Å². The van der Waals surface area contributed by atoms with Crippen LogP contribution in [0.5, 0.6) is 0 Å². The lowest BCUT2D eigenvalue weighted by molar-refractivity contribution is 0.484. The van der Waals surface area contributed by atoms with E-state index in [1.807, 2.05) is 0 Å². The average molecular weight is 533 g/mol. The van der Waals surface area contributed by atoms with Gasteiger partial charge in [-0.3, -0.25) is 0 Å². The smallest absolute Gasteiger partial charge is 0.00928 e. The van der Waals surface area contributed by atoms with Gasteiger partial charge in [-0.1, -0.05) is 156 Å². The molecule has 0 spiro atoms. The Labute approximate surface area is 244 Å². The third-order valence-corrected chi connectivity index (χ3v) is 8.25. The maximum atomic E-state index is 2.51. The lowest BCUT2D eigenvalue weighted by Crippen LogP contribution is -2.32. The molecule has 0 atom stereocenters. The largest absolute Gasteiger partial charge is 0.0645 e. The van der Waals surface area contributed by atoms with E-state index in [9.17, 15) is 0 Å². The highest BCUT2D eigenvalue weighted by molar-refractivity contribution is 5.58. The van der Waals surface area contributed by atoms with Crippen LogP contribution in [0, 0.1) is 0 Å². The minimum atomic E-state index is 0.0345. The van der Waals surface area contributed by atoms with Crippen molar-refractivity contribution in [3.63, 3.8) is 0 Å². The van der Waals surface area contributed by atoms with Gasteiger partial charge in [-0.15, -0.1) is 0 Å². The molecule has 2 aromatic carbocycles. The van der Waals surface area contributed by atoms with Crippen molar-refractivity contribution in [2.24, 2.45) is 0 Å². The molecule has 0 heterocycles. The summed E-state index contributed by atoms with van der Waals surface area (Å²) in [5, 5.41) is 0. The quantitative estimate of drug-likeness (QED) is 0.369. The summed E-state index contributed by atoms with van der Waals surface area (Å²) in [6.45, 7) is 45.7. The summed E-state index contributed by atoms with van der Waals surface area (Å²) >= 11 is 0. The van der Waals surface area contributed by atoms with Crippen LogP contribution in [0.1, 0.15) is 188 Å². The lowest BCUT2D eigenvalue weighted by atomic mass is 9.63. The second-order valence-corrected chi connectivity index (χ2v) is 18.4. The molecular formula is C39H64. The first-order chi connectivity index (χ1) is 17.1. The van der Waals surface area contributed by atoms with E-state index in [1.165, 1.54) is 22.3 Å². The topological polar surface area (TPSA) is 0 Å². The van der Waals surface area contributed by atoms with Crippen molar-refractivity contribution in [2.45, 2.75) is 176 Å². The monoisotopic (exact) mass is 533 g/mol. The Morgan fingerprint density at radius 1 is 0.385 bits per heavy atom. The van der Waals surface area contributed by atoms with Crippen molar-refractivity contribution < 1.29 is 0 Å². The van der Waals surface area contributed by atoms with Gasteiger partial charge in [0.25, 0.3) is 0 Å². The van der Waals surface area contributed by atoms with Crippen LogP contribution in [0.4, 0.5) is 0 Å². The summed E-state index contributed by atoms with van der Waals surface area (Å²) in [4.78, 5) is 0. The summed E-state index contributed by atoms with van der Waals surface area (Å²) < 4.78 is 0. The van der Waals surface area contributed by atoms with Crippen LogP contribution in [0.2, 0.25) is 0 Å². The lowest BCUT2D eigenvalue weighted by Gasteiger charge is -2.42. The first kappa shape index (κ1) is 33.6. The molecular weight excluding hydrogens is 468 g/mol. The minimum absolute atomic E-state index is 0.0345. The molecule has 39 heavy (non-hydrogen) atoms. The van der Waals surface area contributed by atoms with Crippen molar-refractivity contribution in [3.05, 3.63) is 68.8 Å². The average Bonchev–Trinajstić information content (AvgIpc) is 2.69. The molecule has 0 radical (unpaired) electrons. The molecule has 0 fully saturated rings. The Bertz CT molecular complexity index is 1070. The van der Waals surface area contributed by atoms with Crippen LogP contribution in [0.15, 0.2) is 24.3 Å². The van der Waals surface area contributed by atoms with Gasteiger partial charge < -0.3 is 0 Å². The van der Waals surface area contributed by atoms with Gasteiger partial charge >= 0.3 is 0 Å². The molecule has 0 nitrogen and oxygen atoms in total. The maximum Gasteiger partial charge on any atom is 0.00928 e. The molecule has 0 N–H and O–H groups in total. The van der Waals surface area contributed by atoms with Crippen molar-refractivity contribution in [1.29, 1.82) is 0 Å². The van der Waals surface area contributed by atoms with Gasteiger partial charge in [0.1, 0.15) is 0 Å². The molecule has 0 aliphatic carbocycles. The van der Waals surface area contributed by atoms with Crippen LogP contribution in [-0.2, 0) is 32.5 Å². The van der Waals surface area contributed by atoms with Crippen LogP contribution >= 0.6 is 0 Å². The number of hydrogen-bond donors (Lipinski definition) is 0. The summed E-state index contributed by atoms with van der Waals surface area (Å²) in [7, 11) is 0. The molecule has 0 aliphatic heterocycles. The van der Waals surface area contributed by atoms with Gasteiger partial charge in [-0.2, -0.15) is 0 Å². The second-order valence-electron chi connectivity index (χ2n) is 18.4. The predicted molar refractivity (Wildman–Crippen MR) is 177 cm³/mol. The fraction of sp³-hybridized carbons (Fsp3) is 0.692. The highest BCUT2D eigenvalue weighted by Crippen LogP contribution is 2.49. The zero-order valence-corrected chi connectivity index (χ0v) is 29.6. The highest BCUT2D eigenvalue weighted by atomic mass is 14.4. The highest BCUT2D eigenvalue weighted by Gasteiger charge is 2.38. The minimum Gasteiger partial charge on any atom is -0.0645 e. The van der Waals surface area contributed by atoms with E-state index in [0.717, 1.165) is 6.42 Å². The Balaban J connectivity index is 3.22. The molecule has 0 aliphatic rings.